The predicted octanol–water partition coefficient (Wildman–Crippen LogP) is 3.81. The van der Waals surface area contributed by atoms with Gasteiger partial charge in [-0.2, -0.15) is 0 Å². The van der Waals surface area contributed by atoms with Gasteiger partial charge < -0.3 is 15.2 Å². The first-order valence-corrected chi connectivity index (χ1v) is 10.8. The van der Waals surface area contributed by atoms with Gasteiger partial charge in [-0.1, -0.05) is 27.5 Å². The Labute approximate surface area is 182 Å². The molecule has 152 valence electrons. The molecule has 0 aliphatic carbocycles. The summed E-state index contributed by atoms with van der Waals surface area (Å²) in [7, 11) is 0. The number of likely N-dealkylation sites (tertiary alicyclic amines) is 1. The van der Waals surface area contributed by atoms with Crippen molar-refractivity contribution < 1.29 is 4.79 Å². The van der Waals surface area contributed by atoms with E-state index < -0.39 is 0 Å². The zero-order chi connectivity index (χ0) is 20.4. The molecule has 8 heteroatoms. The van der Waals surface area contributed by atoms with Crippen molar-refractivity contribution in [3.8, 4) is 0 Å². The number of carbonyl (C=O) groups excluding carboxylic acids is 1. The van der Waals surface area contributed by atoms with E-state index >= 15 is 0 Å². The maximum Gasteiger partial charge on any atom is 0.326 e. The number of hydrogen-bond acceptors (Lipinski definition) is 3. The standard InChI is InChI=1S/C21H22BrClN4O2/c22-15-3-6-19-18(13-15)25-21(29)27(19)17-7-10-26(11-8-17)12-9-24-20(28)14-1-4-16(23)5-2-14/h1-6,13,17H,7-12H2,(H,24,28)(H,25,29). The highest BCUT2D eigenvalue weighted by molar-refractivity contribution is 9.10. The van der Waals surface area contributed by atoms with E-state index in [0.717, 1.165) is 48.0 Å². The number of H-pyrrole nitrogens is 1. The third-order valence-corrected chi connectivity index (χ3v) is 6.17. The normalized spacial score (nSPS) is 15.7. The summed E-state index contributed by atoms with van der Waals surface area (Å²) in [6.45, 7) is 3.18. The summed E-state index contributed by atoms with van der Waals surface area (Å²) in [6.07, 6.45) is 1.82. The molecule has 1 amide bonds. The molecule has 1 aliphatic heterocycles. The second-order valence-corrected chi connectivity index (χ2v) is 8.65. The zero-order valence-electron chi connectivity index (χ0n) is 15.8. The number of rotatable bonds is 5. The molecule has 1 fully saturated rings. The molecule has 3 aromatic rings. The molecule has 0 radical (unpaired) electrons. The number of fused-ring (bicyclic) bond motifs is 1. The minimum Gasteiger partial charge on any atom is -0.351 e. The van der Waals surface area contributed by atoms with Crippen LogP contribution in [0.15, 0.2) is 51.7 Å². The second kappa shape index (κ2) is 8.73. The van der Waals surface area contributed by atoms with Gasteiger partial charge in [-0.15, -0.1) is 0 Å². The molecule has 2 N–H and O–H groups in total. The van der Waals surface area contributed by atoms with Crippen molar-refractivity contribution in [3.63, 3.8) is 0 Å². The van der Waals surface area contributed by atoms with Crippen LogP contribution in [-0.4, -0.2) is 46.5 Å². The number of carbonyl (C=O) groups is 1. The van der Waals surface area contributed by atoms with E-state index in [1.165, 1.54) is 0 Å². The van der Waals surface area contributed by atoms with Crippen molar-refractivity contribution in [2.24, 2.45) is 0 Å². The number of aromatic amines is 1. The molecule has 0 bridgehead atoms. The van der Waals surface area contributed by atoms with Crippen molar-refractivity contribution >= 4 is 44.5 Å². The fraction of sp³-hybridized carbons (Fsp3) is 0.333. The molecule has 2 aromatic carbocycles. The first-order valence-electron chi connectivity index (χ1n) is 9.67. The Bertz CT molecular complexity index is 1070. The fourth-order valence-electron chi connectivity index (χ4n) is 3.90. The van der Waals surface area contributed by atoms with Crippen molar-refractivity contribution in [3.05, 3.63) is 68.0 Å². The number of benzene rings is 2. The molecule has 6 nitrogen and oxygen atoms in total. The van der Waals surface area contributed by atoms with Crippen LogP contribution in [0.25, 0.3) is 11.0 Å². The SMILES string of the molecule is O=C(NCCN1CCC(n2c(=O)[nH]c3cc(Br)ccc32)CC1)c1ccc(Cl)cc1. The number of nitrogens with one attached hydrogen (secondary N) is 2. The topological polar surface area (TPSA) is 70.1 Å². The molecular weight excluding hydrogens is 456 g/mol. The lowest BCUT2D eigenvalue weighted by molar-refractivity contribution is 0.0944. The molecular formula is C21H22BrClN4O2. The fourth-order valence-corrected chi connectivity index (χ4v) is 4.38. The van der Waals surface area contributed by atoms with Crippen LogP contribution in [-0.2, 0) is 0 Å². The first kappa shape index (κ1) is 20.2. The third-order valence-electron chi connectivity index (χ3n) is 5.42. The molecule has 0 atom stereocenters. The Morgan fingerprint density at radius 3 is 2.62 bits per heavy atom. The van der Waals surface area contributed by atoms with Crippen molar-refractivity contribution in [1.82, 2.24) is 19.8 Å². The maximum absolute atomic E-state index is 12.5. The lowest BCUT2D eigenvalue weighted by Crippen LogP contribution is -2.41. The number of amides is 1. The van der Waals surface area contributed by atoms with E-state index in [1.54, 1.807) is 24.3 Å². The van der Waals surface area contributed by atoms with Crippen molar-refractivity contribution in [2.45, 2.75) is 18.9 Å². The van der Waals surface area contributed by atoms with Crippen LogP contribution >= 0.6 is 27.5 Å². The first-order chi connectivity index (χ1) is 14.0. The summed E-state index contributed by atoms with van der Waals surface area (Å²) in [5, 5.41) is 3.57. The number of aromatic nitrogens is 2. The Hall–Kier alpha value is -2.09. The summed E-state index contributed by atoms with van der Waals surface area (Å²) in [6, 6.07) is 12.9. The molecule has 2 heterocycles. The van der Waals surface area contributed by atoms with Gasteiger partial charge in [0.15, 0.2) is 0 Å². The van der Waals surface area contributed by atoms with Gasteiger partial charge in [-0.05, 0) is 55.3 Å². The number of piperidine rings is 1. The summed E-state index contributed by atoms with van der Waals surface area (Å²) in [5.41, 5.74) is 2.37. The monoisotopic (exact) mass is 476 g/mol. The Balaban J connectivity index is 1.30. The van der Waals surface area contributed by atoms with Gasteiger partial charge in [-0.25, -0.2) is 4.79 Å². The molecule has 0 unspecified atom stereocenters. The van der Waals surface area contributed by atoms with Crippen LogP contribution in [0.5, 0.6) is 0 Å². The van der Waals surface area contributed by atoms with Crippen LogP contribution in [0.1, 0.15) is 29.2 Å². The summed E-state index contributed by atoms with van der Waals surface area (Å²) >= 11 is 9.30. The van der Waals surface area contributed by atoms with Gasteiger partial charge in [0.05, 0.1) is 11.0 Å². The lowest BCUT2D eigenvalue weighted by atomic mass is 10.0. The zero-order valence-corrected chi connectivity index (χ0v) is 18.2. The summed E-state index contributed by atoms with van der Waals surface area (Å²) in [4.78, 5) is 29.9. The van der Waals surface area contributed by atoms with Crippen molar-refractivity contribution in [1.29, 1.82) is 0 Å². The molecule has 1 aromatic heterocycles. The summed E-state index contributed by atoms with van der Waals surface area (Å²) < 4.78 is 2.84. The highest BCUT2D eigenvalue weighted by Gasteiger charge is 2.23. The van der Waals surface area contributed by atoms with Gasteiger partial charge >= 0.3 is 5.69 Å². The van der Waals surface area contributed by atoms with Crippen LogP contribution in [0, 0.1) is 0 Å². The molecule has 0 spiro atoms. The van der Waals surface area contributed by atoms with Gasteiger partial charge in [-0.3, -0.25) is 9.36 Å². The smallest absolute Gasteiger partial charge is 0.326 e. The minimum atomic E-state index is -0.0898. The van der Waals surface area contributed by atoms with Crippen LogP contribution in [0.3, 0.4) is 0 Å². The highest BCUT2D eigenvalue weighted by atomic mass is 79.9. The number of nitrogens with zero attached hydrogens (tertiary/aromatic N) is 2. The Morgan fingerprint density at radius 2 is 1.90 bits per heavy atom. The number of halogens is 2. The third kappa shape index (κ3) is 4.57. The van der Waals surface area contributed by atoms with E-state index in [4.69, 9.17) is 11.6 Å². The van der Waals surface area contributed by atoms with Crippen molar-refractivity contribution in [2.75, 3.05) is 26.2 Å². The molecule has 1 saturated heterocycles. The van der Waals surface area contributed by atoms with E-state index in [9.17, 15) is 9.59 Å². The molecule has 4 rings (SSSR count). The second-order valence-electron chi connectivity index (χ2n) is 7.30. The molecule has 1 aliphatic rings. The quantitative estimate of drug-likeness (QED) is 0.587. The number of hydrogen-bond donors (Lipinski definition) is 2. The van der Waals surface area contributed by atoms with Gasteiger partial charge in [0.25, 0.3) is 5.91 Å². The van der Waals surface area contributed by atoms with Gasteiger partial charge in [0, 0.05) is 47.3 Å². The van der Waals surface area contributed by atoms with Gasteiger partial charge in [0.2, 0.25) is 0 Å². The summed E-state index contributed by atoms with van der Waals surface area (Å²) in [5.74, 6) is -0.0898. The lowest BCUT2D eigenvalue weighted by Gasteiger charge is -2.32. The number of imidazole rings is 1. The van der Waals surface area contributed by atoms with Crippen LogP contribution < -0.4 is 11.0 Å². The maximum atomic E-state index is 12.5. The van der Waals surface area contributed by atoms with E-state index in [1.807, 2.05) is 22.8 Å². The average molecular weight is 478 g/mol. The molecule has 29 heavy (non-hydrogen) atoms. The van der Waals surface area contributed by atoms with Crippen LogP contribution in [0.2, 0.25) is 5.02 Å². The highest BCUT2D eigenvalue weighted by Crippen LogP contribution is 2.26. The Kier molecular flexibility index (Phi) is 6.08. The predicted molar refractivity (Wildman–Crippen MR) is 119 cm³/mol. The average Bonchev–Trinajstić information content (AvgIpc) is 3.03. The van der Waals surface area contributed by atoms with Gasteiger partial charge in [0.1, 0.15) is 0 Å². The van der Waals surface area contributed by atoms with Crippen LogP contribution in [0.4, 0.5) is 0 Å². The Morgan fingerprint density at radius 1 is 1.17 bits per heavy atom. The van der Waals surface area contributed by atoms with E-state index in [0.29, 0.717) is 17.1 Å². The van der Waals surface area contributed by atoms with E-state index in [2.05, 4.69) is 31.1 Å². The molecule has 0 saturated carbocycles. The minimum absolute atomic E-state index is 0.0493. The largest absolute Gasteiger partial charge is 0.351 e. The van der Waals surface area contributed by atoms with E-state index in [-0.39, 0.29) is 17.6 Å².